The Hall–Kier alpha value is -1.95. The summed E-state index contributed by atoms with van der Waals surface area (Å²) in [5.74, 6) is 0.344. The van der Waals surface area contributed by atoms with Crippen LogP contribution in [0.3, 0.4) is 0 Å². The number of carbonyl (C=O) groups excluding carboxylic acids is 1. The van der Waals surface area contributed by atoms with Crippen molar-refractivity contribution in [1.82, 2.24) is 25.0 Å². The van der Waals surface area contributed by atoms with Crippen molar-refractivity contribution >= 4 is 16.9 Å². The highest BCUT2D eigenvalue weighted by molar-refractivity contribution is 6.06. The Morgan fingerprint density at radius 2 is 1.86 bits per heavy atom. The lowest BCUT2D eigenvalue weighted by Crippen LogP contribution is -2.48. The summed E-state index contributed by atoms with van der Waals surface area (Å²) in [4.78, 5) is 20.6. The molecule has 0 saturated carbocycles. The number of rotatable bonds is 3. The second kappa shape index (κ2) is 7.08. The second-order valence-corrected chi connectivity index (χ2v) is 10.3. The molecule has 2 aliphatic rings. The van der Waals surface area contributed by atoms with Gasteiger partial charge < -0.3 is 10.2 Å². The summed E-state index contributed by atoms with van der Waals surface area (Å²) in [7, 11) is 1.97. The fourth-order valence-corrected chi connectivity index (χ4v) is 4.94. The number of aryl methyl sites for hydroxylation is 1. The maximum atomic E-state index is 13.7. The molecule has 158 valence electrons. The van der Waals surface area contributed by atoms with Crippen LogP contribution in [0, 0.1) is 6.92 Å². The molecule has 2 unspecified atom stereocenters. The Kier molecular flexibility index (Phi) is 4.96. The molecule has 0 aromatic carbocycles. The van der Waals surface area contributed by atoms with E-state index in [1.54, 1.807) is 0 Å². The smallest absolute Gasteiger partial charge is 0.254 e. The van der Waals surface area contributed by atoms with E-state index in [1.165, 1.54) is 12.8 Å². The largest absolute Gasteiger partial charge is 0.339 e. The first-order chi connectivity index (χ1) is 13.6. The molecule has 0 spiro atoms. The van der Waals surface area contributed by atoms with Crippen molar-refractivity contribution in [2.75, 3.05) is 7.05 Å². The Morgan fingerprint density at radius 1 is 1.24 bits per heavy atom. The molecule has 4 rings (SSSR count). The fraction of sp³-hybridized carbons (Fsp3) is 0.696. The summed E-state index contributed by atoms with van der Waals surface area (Å²) in [6.45, 7) is 12.6. The second-order valence-electron chi connectivity index (χ2n) is 10.3. The predicted octanol–water partition coefficient (Wildman–Crippen LogP) is 3.97. The third-order valence-corrected chi connectivity index (χ3v) is 6.61. The number of fused-ring (bicyclic) bond motifs is 3. The van der Waals surface area contributed by atoms with Gasteiger partial charge in [0.05, 0.1) is 22.2 Å². The average molecular weight is 398 g/mol. The first-order valence-electron chi connectivity index (χ1n) is 11.0. The minimum absolute atomic E-state index is 0.0992. The van der Waals surface area contributed by atoms with Crippen LogP contribution in [0.2, 0.25) is 0 Å². The van der Waals surface area contributed by atoms with Crippen LogP contribution in [0.1, 0.15) is 88.0 Å². The number of hydrogen-bond donors (Lipinski definition) is 1. The molecule has 2 fully saturated rings. The van der Waals surface area contributed by atoms with E-state index in [4.69, 9.17) is 10.1 Å². The van der Waals surface area contributed by atoms with Gasteiger partial charge in [0.25, 0.3) is 5.91 Å². The Labute approximate surface area is 174 Å². The fourth-order valence-electron chi connectivity index (χ4n) is 4.94. The van der Waals surface area contributed by atoms with Gasteiger partial charge in [-0.25, -0.2) is 9.67 Å². The summed E-state index contributed by atoms with van der Waals surface area (Å²) in [6, 6.07) is 3.42. The molecule has 0 radical (unpaired) electrons. The zero-order valence-electron chi connectivity index (χ0n) is 18.9. The summed E-state index contributed by atoms with van der Waals surface area (Å²) in [5.41, 5.74) is 3.20. The summed E-state index contributed by atoms with van der Waals surface area (Å²) in [6.07, 6.45) is 4.56. The number of amides is 1. The van der Waals surface area contributed by atoms with Gasteiger partial charge in [0.2, 0.25) is 0 Å². The van der Waals surface area contributed by atoms with E-state index in [1.807, 2.05) is 29.6 Å². The van der Waals surface area contributed by atoms with E-state index in [-0.39, 0.29) is 17.4 Å². The standard InChI is InChI=1S/C23H35N5O/c1-13(2)19-12-18(20-14(3)26-28(21(20)25-19)23(4,5)6)22(29)27(7)17-10-15-8-9-16(11-17)24-15/h12-13,15-17,24H,8-11H2,1-7H3. The van der Waals surface area contributed by atoms with E-state index in [0.717, 1.165) is 40.8 Å². The van der Waals surface area contributed by atoms with Crippen LogP contribution in [0.25, 0.3) is 11.0 Å². The Balaban J connectivity index is 1.79. The highest BCUT2D eigenvalue weighted by atomic mass is 16.2. The van der Waals surface area contributed by atoms with E-state index in [0.29, 0.717) is 18.1 Å². The van der Waals surface area contributed by atoms with Crippen molar-refractivity contribution in [3.63, 3.8) is 0 Å². The Bertz CT molecular complexity index is 927. The van der Waals surface area contributed by atoms with Gasteiger partial charge in [-0.15, -0.1) is 0 Å². The van der Waals surface area contributed by atoms with Crippen molar-refractivity contribution < 1.29 is 4.79 Å². The molecule has 2 aromatic rings. The van der Waals surface area contributed by atoms with Crippen LogP contribution in [-0.4, -0.2) is 50.7 Å². The van der Waals surface area contributed by atoms with Gasteiger partial charge >= 0.3 is 0 Å². The van der Waals surface area contributed by atoms with Crippen molar-refractivity contribution in [3.05, 3.63) is 23.0 Å². The van der Waals surface area contributed by atoms with Crippen molar-refractivity contribution in [3.8, 4) is 0 Å². The molecule has 2 atom stereocenters. The maximum absolute atomic E-state index is 13.7. The quantitative estimate of drug-likeness (QED) is 0.851. The molecule has 0 aliphatic carbocycles. The third kappa shape index (κ3) is 3.56. The highest BCUT2D eigenvalue weighted by Gasteiger charge is 2.37. The predicted molar refractivity (Wildman–Crippen MR) is 116 cm³/mol. The normalized spacial score (nSPS) is 24.5. The molecular weight excluding hydrogens is 362 g/mol. The number of aromatic nitrogens is 3. The molecule has 2 aromatic heterocycles. The SMILES string of the molecule is Cc1nn(C(C)(C)C)c2nc(C(C)C)cc(C(=O)N(C)C3CC4CCC(C3)N4)c12. The Morgan fingerprint density at radius 3 is 2.41 bits per heavy atom. The lowest BCUT2D eigenvalue weighted by Gasteiger charge is -2.35. The van der Waals surface area contributed by atoms with Crippen molar-refractivity contribution in [2.45, 2.75) is 96.8 Å². The van der Waals surface area contributed by atoms with Crippen LogP contribution in [0.4, 0.5) is 0 Å². The highest BCUT2D eigenvalue weighted by Crippen LogP contribution is 2.33. The number of piperidine rings is 1. The average Bonchev–Trinajstić information content (AvgIpc) is 3.18. The van der Waals surface area contributed by atoms with Gasteiger partial charge in [0.15, 0.2) is 5.65 Å². The molecule has 1 N–H and O–H groups in total. The van der Waals surface area contributed by atoms with Crippen LogP contribution in [0.5, 0.6) is 0 Å². The van der Waals surface area contributed by atoms with E-state index in [9.17, 15) is 4.79 Å². The van der Waals surface area contributed by atoms with Gasteiger partial charge in [0.1, 0.15) is 0 Å². The summed E-state index contributed by atoms with van der Waals surface area (Å²) < 4.78 is 1.98. The van der Waals surface area contributed by atoms with E-state index < -0.39 is 0 Å². The van der Waals surface area contributed by atoms with Crippen LogP contribution in [-0.2, 0) is 5.54 Å². The van der Waals surface area contributed by atoms with E-state index >= 15 is 0 Å². The maximum Gasteiger partial charge on any atom is 0.254 e. The number of carbonyl (C=O) groups is 1. The lowest BCUT2D eigenvalue weighted by atomic mass is 9.97. The zero-order valence-corrected chi connectivity index (χ0v) is 18.9. The number of nitrogens with zero attached hydrogens (tertiary/aromatic N) is 4. The monoisotopic (exact) mass is 397 g/mol. The number of hydrogen-bond acceptors (Lipinski definition) is 4. The third-order valence-electron chi connectivity index (χ3n) is 6.61. The molecule has 2 bridgehead atoms. The minimum atomic E-state index is -0.199. The minimum Gasteiger partial charge on any atom is -0.339 e. The summed E-state index contributed by atoms with van der Waals surface area (Å²) in [5, 5.41) is 9.36. The van der Waals surface area contributed by atoms with Crippen molar-refractivity contribution in [2.24, 2.45) is 0 Å². The van der Waals surface area contributed by atoms with Crippen LogP contribution >= 0.6 is 0 Å². The molecule has 4 heterocycles. The van der Waals surface area contributed by atoms with Gasteiger partial charge in [0, 0.05) is 30.9 Å². The van der Waals surface area contributed by atoms with Gasteiger partial charge in [-0.3, -0.25) is 4.79 Å². The first-order valence-corrected chi connectivity index (χ1v) is 11.0. The lowest BCUT2D eigenvalue weighted by molar-refractivity contribution is 0.0683. The topological polar surface area (TPSA) is 63.1 Å². The molecule has 6 heteroatoms. The number of pyridine rings is 1. The van der Waals surface area contributed by atoms with Gasteiger partial charge in [-0.1, -0.05) is 13.8 Å². The van der Waals surface area contributed by atoms with Gasteiger partial charge in [-0.05, 0) is 65.4 Å². The molecule has 6 nitrogen and oxygen atoms in total. The first kappa shape index (κ1) is 20.3. The van der Waals surface area contributed by atoms with Crippen molar-refractivity contribution in [1.29, 1.82) is 0 Å². The molecule has 29 heavy (non-hydrogen) atoms. The molecule has 2 aliphatic heterocycles. The molecular formula is C23H35N5O. The zero-order chi connectivity index (χ0) is 21.1. The molecule has 2 saturated heterocycles. The van der Waals surface area contributed by atoms with E-state index in [2.05, 4.69) is 39.9 Å². The van der Waals surface area contributed by atoms with Gasteiger partial charge in [-0.2, -0.15) is 5.10 Å². The number of nitrogens with one attached hydrogen (secondary N) is 1. The summed E-state index contributed by atoms with van der Waals surface area (Å²) >= 11 is 0. The molecule has 1 amide bonds. The van der Waals surface area contributed by atoms with Crippen LogP contribution in [0.15, 0.2) is 6.07 Å². The van der Waals surface area contributed by atoms with Crippen LogP contribution < -0.4 is 5.32 Å².